The van der Waals surface area contributed by atoms with Crippen LogP contribution in [0.15, 0.2) is 89.8 Å². The van der Waals surface area contributed by atoms with Crippen LogP contribution in [-0.4, -0.2) is 63.6 Å². The number of hydrogen-bond donors (Lipinski definition) is 3. The van der Waals surface area contributed by atoms with Crippen LogP contribution in [0.3, 0.4) is 0 Å². The smallest absolute Gasteiger partial charge is 0.790 e. The van der Waals surface area contributed by atoms with E-state index in [4.69, 9.17) is 21.4 Å². The number of ether oxygens (including phenoxy) is 1. The Balaban J connectivity index is 0.00000841. The summed E-state index contributed by atoms with van der Waals surface area (Å²) in [7, 11) is -9.95. The Labute approximate surface area is 350 Å². The molecule has 0 aromatic heterocycles. The number of sulfonamides is 1. The second-order valence-corrected chi connectivity index (χ2v) is 13.5. The van der Waals surface area contributed by atoms with Gasteiger partial charge in [0.05, 0.1) is 27.8 Å². The maximum absolute atomic E-state index is 14.1. The Morgan fingerprint density at radius 2 is 1.54 bits per heavy atom. The summed E-state index contributed by atoms with van der Waals surface area (Å²) in [6.45, 7) is -11.6. The number of rotatable bonds is 18. The number of amides is 2. The van der Waals surface area contributed by atoms with Gasteiger partial charge in [0.2, 0.25) is 15.9 Å². The van der Waals surface area contributed by atoms with Crippen molar-refractivity contribution in [1.29, 1.82) is 0 Å². The summed E-state index contributed by atoms with van der Waals surface area (Å²) in [4.78, 5) is 48.9. The monoisotopic (exact) mass is 756 g/mol. The fourth-order valence-corrected chi connectivity index (χ4v) is 6.77. The average molecular weight is 757 g/mol. The number of nitrogens with zero attached hydrogens (tertiary/aromatic N) is 1. The maximum atomic E-state index is 14.1. The van der Waals surface area contributed by atoms with Gasteiger partial charge in [-0.25, -0.2) is 13.2 Å². The Kier molecular flexibility index (Phi) is 15.2. The molecule has 3 rings (SSSR count). The quantitative estimate of drug-likeness (QED) is 0.0519. The number of anilines is 1. The molecular formula is C33H43N4Na2O9PS. The van der Waals surface area contributed by atoms with E-state index in [2.05, 4.69) is 15.2 Å². The molecule has 13 nitrogen and oxygen atoms in total. The summed E-state index contributed by atoms with van der Waals surface area (Å²) in [5, 5.41) is 5.25. The van der Waals surface area contributed by atoms with E-state index in [1.165, 1.54) is 0 Å². The van der Waals surface area contributed by atoms with Crippen molar-refractivity contribution in [2.75, 3.05) is 32.5 Å². The number of nitrogens with two attached hydrogens (primary N) is 1. The molecule has 1 unspecified atom stereocenters. The molecule has 0 radical (unpaired) electrons. The molecule has 0 spiro atoms. The Morgan fingerprint density at radius 3 is 2.04 bits per heavy atom. The zero-order valence-corrected chi connectivity index (χ0v) is 33.7. The van der Waals surface area contributed by atoms with Crippen LogP contribution in [0.1, 0.15) is 61.0 Å². The minimum Gasteiger partial charge on any atom is -0.790 e. The van der Waals surface area contributed by atoms with Gasteiger partial charge in [-0.1, -0.05) is 80.8 Å². The van der Waals surface area contributed by atoms with Gasteiger partial charge in [-0.15, -0.1) is 0 Å². The number of unbranched alkanes of at least 4 members (excludes halogenated alkanes) is 1. The van der Waals surface area contributed by atoms with Gasteiger partial charge in [-0.3, -0.25) is 4.79 Å². The molecule has 0 aliphatic heterocycles. The first-order valence-corrected chi connectivity index (χ1v) is 17.5. The molecule has 0 aliphatic carbocycles. The van der Waals surface area contributed by atoms with E-state index >= 15 is 0 Å². The van der Waals surface area contributed by atoms with Gasteiger partial charge in [0.15, 0.2) is 0 Å². The first kappa shape index (κ1) is 34.0. The van der Waals surface area contributed by atoms with Crippen LogP contribution in [0, 0.1) is 5.89 Å². The Bertz CT molecular complexity index is 1870. The molecule has 0 saturated carbocycles. The molecule has 50 heavy (non-hydrogen) atoms. The van der Waals surface area contributed by atoms with E-state index in [1.54, 1.807) is 60.7 Å². The minimum absolute atomic E-state index is 0. The molecule has 17 heteroatoms. The zero-order chi connectivity index (χ0) is 42.1. The molecule has 0 aliphatic rings. The Morgan fingerprint density at radius 1 is 0.980 bits per heavy atom. The molecule has 0 fully saturated rings. The second-order valence-electron chi connectivity index (χ2n) is 10.6. The molecular weight excluding hydrogens is 705 g/mol. The third-order valence-electron chi connectivity index (χ3n) is 7.14. The number of phosphoric acid groups is 1. The first-order valence-electron chi connectivity index (χ1n) is 18.7. The van der Waals surface area contributed by atoms with Crippen molar-refractivity contribution >= 4 is 35.5 Å². The van der Waals surface area contributed by atoms with Gasteiger partial charge in [0, 0.05) is 40.3 Å². The molecule has 262 valence electrons. The maximum Gasteiger partial charge on any atom is 1.00 e. The predicted octanol–water partition coefficient (Wildman–Crippen LogP) is -3.02. The van der Waals surface area contributed by atoms with Gasteiger partial charge >= 0.3 is 65.2 Å². The number of carbonyl (C=O) groups excluding carboxylic acids is 2. The van der Waals surface area contributed by atoms with Crippen LogP contribution >= 0.6 is 7.82 Å². The molecule has 4 N–H and O–H groups in total. The second kappa shape index (κ2) is 22.3. The van der Waals surface area contributed by atoms with Gasteiger partial charge in [-0.2, -0.15) is 4.31 Å². The number of nitrogens with one attached hydrogen (secondary N) is 2. The average Bonchev–Trinajstić information content (AvgIpc) is 3.11. The van der Waals surface area contributed by atoms with Gasteiger partial charge in [-0.05, 0) is 54.1 Å². The van der Waals surface area contributed by atoms with Crippen molar-refractivity contribution in [1.82, 2.24) is 14.9 Å². The molecule has 2 amide bonds. The standard InChI is InChI=1S/C33H45N4O9PS.2Na/c1-24(2)22-37(48(43,44)29-19-17-27(34)18-20-29)28(23-46-47(40,41)42)16-10-11-21-35-32(38)31(36-33(39)45-3)30(25-12-6-4-7-13-25)26-14-8-5-9-15-26;;/h4-9,12-15,17-20,24,28,30-31H,10-11,16,21-23,34H2,1-3H3,(H,35,38)(H,36,39)(H2,40,41,42);;/q;2*+1/p-2/t28-,31-;;/m0../s1/i1D3,2D3,23D,24D;;/t23?,28-,31-;;. The van der Waals surface area contributed by atoms with Crippen LogP contribution < -0.4 is 85.3 Å². The van der Waals surface area contributed by atoms with Crippen LogP contribution in [0.2, 0.25) is 0 Å². The minimum atomic E-state index is -6.00. The summed E-state index contributed by atoms with van der Waals surface area (Å²) in [5.41, 5.74) is 7.15. The van der Waals surface area contributed by atoms with Crippen molar-refractivity contribution in [3.05, 3.63) is 96.1 Å². The number of phosphoric ester groups is 1. The van der Waals surface area contributed by atoms with Crippen LogP contribution in [0.4, 0.5) is 10.5 Å². The number of carbonyl (C=O) groups is 2. The fourth-order valence-electron chi connectivity index (χ4n) is 4.92. The van der Waals surface area contributed by atoms with Crippen molar-refractivity contribution in [2.24, 2.45) is 5.89 Å². The van der Waals surface area contributed by atoms with Crippen molar-refractivity contribution in [3.63, 3.8) is 0 Å². The molecule has 3 aromatic rings. The SMILES string of the molecule is [2H]C(OP(=O)([O-])[O-])[C@H](CCCCNC(=O)[C@@H](NC(=O)OC)C(c1ccccc1)c1ccccc1)N(CC([2H])(C([2H])([2H])[2H])C([2H])([2H])[2H])S(=O)(=O)c1ccc(N)cc1.[Na+].[Na+]. The van der Waals surface area contributed by atoms with Crippen molar-refractivity contribution < 1.29 is 112 Å². The topological polar surface area (TPSA) is 203 Å². The van der Waals surface area contributed by atoms with E-state index in [9.17, 15) is 32.4 Å². The van der Waals surface area contributed by atoms with E-state index in [-0.39, 0.29) is 88.5 Å². The van der Waals surface area contributed by atoms with Crippen molar-refractivity contribution in [2.45, 2.75) is 55.9 Å². The number of nitrogen functional groups attached to an aromatic ring is 1. The predicted molar refractivity (Wildman–Crippen MR) is 178 cm³/mol. The van der Waals surface area contributed by atoms with Crippen LogP contribution in [0.25, 0.3) is 0 Å². The van der Waals surface area contributed by atoms with Gasteiger partial charge in [0.1, 0.15) is 6.04 Å². The van der Waals surface area contributed by atoms with Crippen LogP contribution in [-0.2, 0) is 28.6 Å². The molecule has 0 heterocycles. The van der Waals surface area contributed by atoms with Gasteiger partial charge < -0.3 is 40.0 Å². The summed E-state index contributed by atoms with van der Waals surface area (Å²) < 4.78 is 113. The normalized spacial score (nSPS) is 16.5. The van der Waals surface area contributed by atoms with E-state index in [0.29, 0.717) is 11.1 Å². The van der Waals surface area contributed by atoms with E-state index < -0.39 is 91.9 Å². The summed E-state index contributed by atoms with van der Waals surface area (Å²) in [5.74, 6) is -4.89. The largest absolute Gasteiger partial charge is 1.00 e. The third-order valence-corrected chi connectivity index (χ3v) is 9.40. The first-order chi connectivity index (χ1) is 25.9. The number of alkyl carbamates (subject to hydrolysis) is 1. The van der Waals surface area contributed by atoms with E-state index in [1.807, 2.05) is 0 Å². The Hall–Kier alpha value is -1.78. The zero-order valence-electron chi connectivity index (χ0n) is 36.0. The summed E-state index contributed by atoms with van der Waals surface area (Å²) >= 11 is 0. The number of methoxy groups -OCH3 is 1. The fraction of sp³-hybridized carbons (Fsp3) is 0.394. The molecule has 3 atom stereocenters. The third kappa shape index (κ3) is 14.7. The van der Waals surface area contributed by atoms with Crippen LogP contribution in [0.5, 0.6) is 0 Å². The summed E-state index contributed by atoms with van der Waals surface area (Å²) in [6.07, 6.45) is -1.64. The number of hydrogen-bond acceptors (Lipinski definition) is 10. The molecule has 0 bridgehead atoms. The summed E-state index contributed by atoms with van der Waals surface area (Å²) in [6, 6.07) is 18.7. The van der Waals surface area contributed by atoms with Crippen molar-refractivity contribution in [3.8, 4) is 0 Å². The van der Waals surface area contributed by atoms with Gasteiger partial charge in [0.25, 0.3) is 0 Å². The molecule has 3 aromatic carbocycles. The molecule has 0 saturated heterocycles. The van der Waals surface area contributed by atoms with E-state index in [0.717, 1.165) is 31.4 Å². The number of benzene rings is 3.